The molecule has 2 N–H and O–H groups in total. The van der Waals surface area contributed by atoms with Gasteiger partial charge >= 0.3 is 5.97 Å². The highest BCUT2D eigenvalue weighted by molar-refractivity contribution is 6.40. The Bertz CT molecular complexity index is 1560. The van der Waals surface area contributed by atoms with Crippen molar-refractivity contribution in [2.75, 3.05) is 5.32 Å². The van der Waals surface area contributed by atoms with E-state index in [1.54, 1.807) is 29.1 Å². The zero-order chi connectivity index (χ0) is 30.5. The molecular weight excluding hydrogens is 593 g/mol. The Morgan fingerprint density at radius 3 is 2.37 bits per heavy atom. The van der Waals surface area contributed by atoms with Crippen molar-refractivity contribution >= 4 is 40.8 Å². The van der Waals surface area contributed by atoms with Gasteiger partial charge in [-0.15, -0.1) is 0 Å². The molecule has 5 rings (SSSR count). The molecule has 2 heterocycles. The number of nitrogens with one attached hydrogen (secondary N) is 1. The Morgan fingerprint density at radius 1 is 1.00 bits per heavy atom. The minimum absolute atomic E-state index is 0.0727. The van der Waals surface area contributed by atoms with Gasteiger partial charge in [0.15, 0.2) is 17.5 Å². The van der Waals surface area contributed by atoms with E-state index in [2.05, 4.69) is 10.3 Å². The Balaban J connectivity index is 1.52. The highest BCUT2D eigenvalue weighted by Crippen LogP contribution is 2.47. The van der Waals surface area contributed by atoms with Crippen LogP contribution in [0.4, 0.5) is 5.69 Å². The average molecular weight is 625 g/mol. The number of esters is 1. The van der Waals surface area contributed by atoms with E-state index in [0.29, 0.717) is 22.9 Å². The van der Waals surface area contributed by atoms with Gasteiger partial charge in [-0.3, -0.25) is 9.59 Å². The average Bonchev–Trinajstić information content (AvgIpc) is 3.33. The van der Waals surface area contributed by atoms with Gasteiger partial charge in [-0.2, -0.15) is 0 Å². The number of aromatic nitrogens is 2. The van der Waals surface area contributed by atoms with Crippen molar-refractivity contribution in [3.8, 4) is 0 Å². The number of carbonyl (C=O) groups excluding carboxylic acids is 2. The standard InChI is InChI=1S/C32H31Cl2N3O6/c1-19(41-20(2)39)31(40)36-25-10-6-9-24(15-25)32-42-26(16-37-18-35-29(33)30(37)34)27(22-7-4-3-5-8-22)28(43-32)23-13-11-21(17-38)12-14-23/h3-15,18-19,26-28,32,38H,16-17H2,1-2H3,(H,36,40). The molecule has 5 atom stereocenters. The molecule has 1 fully saturated rings. The summed E-state index contributed by atoms with van der Waals surface area (Å²) in [5.41, 5.74) is 3.85. The molecule has 1 aromatic heterocycles. The number of carbonyl (C=O) groups is 2. The predicted molar refractivity (Wildman–Crippen MR) is 162 cm³/mol. The van der Waals surface area contributed by atoms with Crippen LogP contribution < -0.4 is 5.32 Å². The summed E-state index contributed by atoms with van der Waals surface area (Å²) in [4.78, 5) is 28.1. The molecular formula is C32H31Cl2N3O6. The van der Waals surface area contributed by atoms with Crippen LogP contribution in [0.5, 0.6) is 0 Å². The second-order valence-corrected chi connectivity index (χ2v) is 11.0. The largest absolute Gasteiger partial charge is 0.453 e. The number of hydrogen-bond acceptors (Lipinski definition) is 7. The van der Waals surface area contributed by atoms with Gasteiger partial charge in [0, 0.05) is 24.1 Å². The zero-order valence-corrected chi connectivity index (χ0v) is 25.0. The van der Waals surface area contributed by atoms with Crippen LogP contribution in [0, 0.1) is 0 Å². The minimum Gasteiger partial charge on any atom is -0.453 e. The normalized spacial score (nSPS) is 20.8. The molecule has 0 bridgehead atoms. The summed E-state index contributed by atoms with van der Waals surface area (Å²) in [6.07, 6.45) is -1.12. The maximum atomic E-state index is 12.6. The summed E-state index contributed by atoms with van der Waals surface area (Å²) < 4.78 is 20.1. The van der Waals surface area contributed by atoms with Gasteiger partial charge in [-0.1, -0.05) is 89.9 Å². The first-order chi connectivity index (χ1) is 20.7. The lowest BCUT2D eigenvalue weighted by atomic mass is 9.83. The SMILES string of the molecule is CC(=O)OC(C)C(=O)Nc1cccc(C2OC(Cn3cnc(Cl)c3Cl)C(c3ccccc3)C(c3ccc(CO)cc3)O2)c1. The van der Waals surface area contributed by atoms with E-state index in [0.717, 1.165) is 16.7 Å². The van der Waals surface area contributed by atoms with Crippen LogP contribution in [0.1, 0.15) is 54.4 Å². The third-order valence-electron chi connectivity index (χ3n) is 7.22. The van der Waals surface area contributed by atoms with Gasteiger partial charge in [-0.05, 0) is 35.7 Å². The van der Waals surface area contributed by atoms with Crippen molar-refractivity contribution in [1.29, 1.82) is 0 Å². The number of hydrogen-bond donors (Lipinski definition) is 2. The number of ether oxygens (including phenoxy) is 3. The molecule has 0 radical (unpaired) electrons. The Kier molecular flexibility index (Phi) is 9.79. The van der Waals surface area contributed by atoms with E-state index in [1.807, 2.05) is 60.7 Å². The number of anilines is 1. The van der Waals surface area contributed by atoms with Crippen LogP contribution in [0.2, 0.25) is 10.3 Å². The number of aliphatic hydroxyl groups excluding tert-OH is 1. The van der Waals surface area contributed by atoms with E-state index >= 15 is 0 Å². The van der Waals surface area contributed by atoms with E-state index in [9.17, 15) is 14.7 Å². The second-order valence-electron chi connectivity index (χ2n) is 10.2. The molecule has 224 valence electrons. The van der Waals surface area contributed by atoms with E-state index < -0.39 is 36.5 Å². The predicted octanol–water partition coefficient (Wildman–Crippen LogP) is 6.21. The summed E-state index contributed by atoms with van der Waals surface area (Å²) in [6.45, 7) is 3.01. The quantitative estimate of drug-likeness (QED) is 0.213. The lowest BCUT2D eigenvalue weighted by molar-refractivity contribution is -0.263. The number of amides is 1. The van der Waals surface area contributed by atoms with Crippen molar-refractivity contribution in [1.82, 2.24) is 9.55 Å². The highest BCUT2D eigenvalue weighted by atomic mass is 35.5. The van der Waals surface area contributed by atoms with Gasteiger partial charge in [-0.25, -0.2) is 4.98 Å². The summed E-state index contributed by atoms with van der Waals surface area (Å²) in [5, 5.41) is 12.9. The fourth-order valence-electron chi connectivity index (χ4n) is 5.14. The number of aliphatic hydroxyl groups is 1. The topological polar surface area (TPSA) is 112 Å². The molecule has 43 heavy (non-hydrogen) atoms. The highest BCUT2D eigenvalue weighted by Gasteiger charge is 2.42. The van der Waals surface area contributed by atoms with Crippen LogP contribution in [0.3, 0.4) is 0 Å². The lowest BCUT2D eigenvalue weighted by Crippen LogP contribution is -2.39. The van der Waals surface area contributed by atoms with Crippen molar-refractivity contribution in [2.24, 2.45) is 0 Å². The van der Waals surface area contributed by atoms with Crippen LogP contribution >= 0.6 is 23.2 Å². The Labute approximate surface area is 259 Å². The van der Waals surface area contributed by atoms with Crippen LogP contribution in [0.15, 0.2) is 85.2 Å². The molecule has 4 aromatic rings. The molecule has 1 aliphatic heterocycles. The third kappa shape index (κ3) is 7.26. The molecule has 0 saturated carbocycles. The number of benzene rings is 3. The lowest BCUT2D eigenvalue weighted by Gasteiger charge is -2.43. The second kappa shape index (κ2) is 13.7. The summed E-state index contributed by atoms with van der Waals surface area (Å²) in [6, 6.07) is 24.7. The molecule has 11 heteroatoms. The first kappa shape index (κ1) is 30.7. The number of rotatable bonds is 9. The third-order valence-corrected chi connectivity index (χ3v) is 7.99. The molecule has 0 aliphatic carbocycles. The number of nitrogens with zero attached hydrogens (tertiary/aromatic N) is 2. The molecule has 3 aromatic carbocycles. The zero-order valence-electron chi connectivity index (χ0n) is 23.5. The molecule has 9 nitrogen and oxygen atoms in total. The molecule has 5 unspecified atom stereocenters. The van der Waals surface area contributed by atoms with E-state index in [1.165, 1.54) is 13.8 Å². The molecule has 0 spiro atoms. The monoisotopic (exact) mass is 623 g/mol. The maximum Gasteiger partial charge on any atom is 0.303 e. The van der Waals surface area contributed by atoms with Gasteiger partial charge in [0.1, 0.15) is 5.15 Å². The molecule has 1 aliphatic rings. The van der Waals surface area contributed by atoms with Crippen LogP contribution in [-0.2, 0) is 37.0 Å². The first-order valence-electron chi connectivity index (χ1n) is 13.7. The van der Waals surface area contributed by atoms with Crippen LogP contribution in [0.25, 0.3) is 0 Å². The number of halogens is 2. The number of imidazole rings is 1. The van der Waals surface area contributed by atoms with Crippen LogP contribution in [-0.4, -0.2) is 38.7 Å². The molecule has 1 saturated heterocycles. The minimum atomic E-state index is -0.961. The van der Waals surface area contributed by atoms with E-state index in [-0.39, 0.29) is 17.7 Å². The summed E-state index contributed by atoms with van der Waals surface area (Å²) in [5.74, 6) is -1.27. The maximum absolute atomic E-state index is 12.6. The van der Waals surface area contributed by atoms with Crippen molar-refractivity contribution in [3.05, 3.63) is 118 Å². The van der Waals surface area contributed by atoms with Crippen molar-refractivity contribution < 1.29 is 28.9 Å². The fraction of sp³-hybridized carbons (Fsp3) is 0.281. The van der Waals surface area contributed by atoms with Gasteiger partial charge in [0.05, 0.1) is 31.7 Å². The fourth-order valence-corrected chi connectivity index (χ4v) is 5.45. The summed E-state index contributed by atoms with van der Waals surface area (Å²) in [7, 11) is 0. The Morgan fingerprint density at radius 2 is 1.72 bits per heavy atom. The molecule has 1 amide bonds. The van der Waals surface area contributed by atoms with E-state index in [4.69, 9.17) is 37.4 Å². The smallest absolute Gasteiger partial charge is 0.303 e. The van der Waals surface area contributed by atoms with Gasteiger partial charge in [0.25, 0.3) is 5.91 Å². The van der Waals surface area contributed by atoms with Crippen molar-refractivity contribution in [2.45, 2.75) is 57.5 Å². The van der Waals surface area contributed by atoms with Gasteiger partial charge < -0.3 is 29.2 Å². The first-order valence-corrected chi connectivity index (χ1v) is 14.5. The van der Waals surface area contributed by atoms with Gasteiger partial charge in [0.2, 0.25) is 0 Å². The Hall–Kier alpha value is -3.73. The summed E-state index contributed by atoms with van der Waals surface area (Å²) >= 11 is 12.6. The van der Waals surface area contributed by atoms with Crippen molar-refractivity contribution in [3.63, 3.8) is 0 Å².